The molecule has 1 amide bonds. The summed E-state index contributed by atoms with van der Waals surface area (Å²) in [5.41, 5.74) is 2.56. The summed E-state index contributed by atoms with van der Waals surface area (Å²) in [5.74, 6) is -0.295. The number of hydrogen-bond donors (Lipinski definition) is 1. The summed E-state index contributed by atoms with van der Waals surface area (Å²) in [6.07, 6.45) is -2.70. The minimum atomic E-state index is -4.46. The lowest BCUT2D eigenvalue weighted by Gasteiger charge is -2.09. The van der Waals surface area contributed by atoms with Gasteiger partial charge in [-0.05, 0) is 24.0 Å². The van der Waals surface area contributed by atoms with Crippen molar-refractivity contribution in [2.45, 2.75) is 18.5 Å². The van der Waals surface area contributed by atoms with Gasteiger partial charge < -0.3 is 0 Å². The maximum absolute atomic E-state index is 12.9. The minimum absolute atomic E-state index is 0.0827. The van der Waals surface area contributed by atoms with Crippen LogP contribution in [0, 0.1) is 5.92 Å². The van der Waals surface area contributed by atoms with Crippen molar-refractivity contribution < 1.29 is 18.0 Å². The topological polar surface area (TPSA) is 41.5 Å². The Morgan fingerprint density at radius 3 is 2.46 bits per heavy atom. The number of nitrogens with one attached hydrogen (secondary N) is 1. The lowest BCUT2D eigenvalue weighted by Crippen LogP contribution is -2.20. The van der Waals surface area contributed by atoms with E-state index in [0.29, 0.717) is 0 Å². The third kappa shape index (κ3) is 3.64. The van der Waals surface area contributed by atoms with Gasteiger partial charge in [-0.1, -0.05) is 48.5 Å². The van der Waals surface area contributed by atoms with Crippen LogP contribution in [0.25, 0.3) is 0 Å². The fourth-order valence-corrected chi connectivity index (χ4v) is 2.67. The largest absolute Gasteiger partial charge is 0.417 e. The Morgan fingerprint density at radius 2 is 1.75 bits per heavy atom. The molecule has 3 rings (SSSR count). The number of alkyl halides is 3. The van der Waals surface area contributed by atoms with Gasteiger partial charge in [0.15, 0.2) is 0 Å². The highest BCUT2D eigenvalue weighted by atomic mass is 19.4. The fourth-order valence-electron chi connectivity index (χ4n) is 2.67. The molecule has 1 aliphatic rings. The summed E-state index contributed by atoms with van der Waals surface area (Å²) in [6.45, 7) is 0. The van der Waals surface area contributed by atoms with E-state index in [1.54, 1.807) is 0 Å². The van der Waals surface area contributed by atoms with Crippen LogP contribution in [-0.4, -0.2) is 12.1 Å². The number of rotatable bonds is 4. The number of amides is 1. The Kier molecular flexibility index (Phi) is 4.38. The molecule has 2 aromatic rings. The molecule has 0 unspecified atom stereocenters. The second-order valence-electron chi connectivity index (χ2n) is 5.68. The average molecular weight is 332 g/mol. The van der Waals surface area contributed by atoms with Gasteiger partial charge in [0, 0.05) is 11.5 Å². The van der Waals surface area contributed by atoms with Gasteiger partial charge in [-0.3, -0.25) is 4.79 Å². The van der Waals surface area contributed by atoms with Gasteiger partial charge in [0.25, 0.3) is 0 Å². The molecule has 2 aromatic carbocycles. The molecule has 3 nitrogen and oxygen atoms in total. The van der Waals surface area contributed by atoms with E-state index in [-0.39, 0.29) is 23.3 Å². The summed E-state index contributed by atoms with van der Waals surface area (Å²) in [4.78, 5) is 12.0. The summed E-state index contributed by atoms with van der Waals surface area (Å²) in [5, 5.41) is 3.68. The summed E-state index contributed by atoms with van der Waals surface area (Å²) in [6, 6.07) is 14.7. The van der Waals surface area contributed by atoms with Crippen molar-refractivity contribution in [2.75, 3.05) is 0 Å². The van der Waals surface area contributed by atoms with E-state index in [1.165, 1.54) is 18.2 Å². The summed E-state index contributed by atoms with van der Waals surface area (Å²) in [7, 11) is 0. The van der Waals surface area contributed by atoms with Crippen molar-refractivity contribution >= 4 is 12.1 Å². The van der Waals surface area contributed by atoms with E-state index in [2.05, 4.69) is 10.5 Å². The zero-order chi connectivity index (χ0) is 17.2. The second kappa shape index (κ2) is 6.47. The van der Waals surface area contributed by atoms with Crippen molar-refractivity contribution in [1.82, 2.24) is 5.43 Å². The number of benzene rings is 2. The normalized spacial score (nSPS) is 20.1. The van der Waals surface area contributed by atoms with Gasteiger partial charge in [-0.25, -0.2) is 5.43 Å². The fraction of sp³-hybridized carbons (Fsp3) is 0.222. The van der Waals surface area contributed by atoms with E-state index < -0.39 is 11.7 Å². The first-order chi connectivity index (χ1) is 11.5. The molecular formula is C18H15F3N2O. The lowest BCUT2D eigenvalue weighted by atomic mass is 10.1. The van der Waals surface area contributed by atoms with Crippen molar-refractivity contribution in [2.24, 2.45) is 11.0 Å². The molecule has 124 valence electrons. The Bertz CT molecular complexity index is 756. The maximum atomic E-state index is 12.9. The van der Waals surface area contributed by atoms with E-state index >= 15 is 0 Å². The molecule has 24 heavy (non-hydrogen) atoms. The van der Waals surface area contributed by atoms with E-state index in [9.17, 15) is 18.0 Å². The molecule has 0 spiro atoms. The first-order valence-corrected chi connectivity index (χ1v) is 7.51. The SMILES string of the molecule is O=C(N/N=C\c1ccccc1C(F)(F)F)[C@@H]1C[C@H]1c1ccccc1. The average Bonchev–Trinajstić information content (AvgIpc) is 3.36. The molecular weight excluding hydrogens is 317 g/mol. The van der Waals surface area contributed by atoms with Crippen LogP contribution in [0.2, 0.25) is 0 Å². The highest BCUT2D eigenvalue weighted by molar-refractivity contribution is 5.86. The van der Waals surface area contributed by atoms with Crippen molar-refractivity contribution in [3.8, 4) is 0 Å². The highest BCUT2D eigenvalue weighted by Gasteiger charge is 2.43. The quantitative estimate of drug-likeness (QED) is 0.668. The Hall–Kier alpha value is -2.63. The predicted octanol–water partition coefficient (Wildman–Crippen LogP) is 3.96. The molecule has 0 bridgehead atoms. The Balaban J connectivity index is 1.61. The summed E-state index contributed by atoms with van der Waals surface area (Å²) < 4.78 is 38.6. The number of hydrogen-bond acceptors (Lipinski definition) is 2. The number of carbonyl (C=O) groups is 1. The molecule has 1 N–H and O–H groups in total. The Labute approximate surface area is 137 Å². The number of carbonyl (C=O) groups excluding carboxylic acids is 1. The van der Waals surface area contributed by atoms with Crippen LogP contribution in [0.1, 0.15) is 29.0 Å². The van der Waals surface area contributed by atoms with E-state index in [1.807, 2.05) is 30.3 Å². The van der Waals surface area contributed by atoms with Crippen LogP contribution in [0.3, 0.4) is 0 Å². The maximum Gasteiger partial charge on any atom is 0.417 e. The van der Waals surface area contributed by atoms with Gasteiger partial charge in [0.1, 0.15) is 0 Å². The third-order valence-electron chi connectivity index (χ3n) is 4.00. The Morgan fingerprint density at radius 1 is 1.08 bits per heavy atom. The molecule has 0 heterocycles. The first kappa shape index (κ1) is 16.2. The van der Waals surface area contributed by atoms with Gasteiger partial charge in [0.05, 0.1) is 11.8 Å². The van der Waals surface area contributed by atoms with Crippen LogP contribution in [-0.2, 0) is 11.0 Å². The lowest BCUT2D eigenvalue weighted by molar-refractivity contribution is -0.137. The minimum Gasteiger partial charge on any atom is -0.273 e. The number of nitrogens with zero attached hydrogens (tertiary/aromatic N) is 1. The highest BCUT2D eigenvalue weighted by Crippen LogP contribution is 2.47. The molecule has 0 aromatic heterocycles. The van der Waals surface area contributed by atoms with Crippen molar-refractivity contribution in [3.05, 3.63) is 71.3 Å². The van der Waals surface area contributed by atoms with Gasteiger partial charge in [-0.15, -0.1) is 0 Å². The first-order valence-electron chi connectivity index (χ1n) is 7.51. The van der Waals surface area contributed by atoms with Crippen LogP contribution in [0.5, 0.6) is 0 Å². The van der Waals surface area contributed by atoms with Gasteiger partial charge >= 0.3 is 6.18 Å². The molecule has 1 fully saturated rings. The zero-order valence-electron chi connectivity index (χ0n) is 12.6. The van der Waals surface area contributed by atoms with Crippen molar-refractivity contribution in [3.63, 3.8) is 0 Å². The van der Waals surface area contributed by atoms with Crippen LogP contribution >= 0.6 is 0 Å². The monoisotopic (exact) mass is 332 g/mol. The molecule has 6 heteroatoms. The second-order valence-corrected chi connectivity index (χ2v) is 5.68. The molecule has 0 aliphatic heterocycles. The predicted molar refractivity (Wildman–Crippen MR) is 84.5 cm³/mol. The zero-order valence-corrected chi connectivity index (χ0v) is 12.6. The van der Waals surface area contributed by atoms with E-state index in [0.717, 1.165) is 24.3 Å². The standard InChI is InChI=1S/C18H15F3N2O/c19-18(20,21)16-9-5-4-8-13(16)11-22-23-17(24)15-10-14(15)12-6-2-1-3-7-12/h1-9,11,14-15H,10H2,(H,23,24)/b22-11-/t14-,15+/m0/s1. The number of hydrazone groups is 1. The smallest absolute Gasteiger partial charge is 0.273 e. The third-order valence-corrected chi connectivity index (χ3v) is 4.00. The number of halogens is 3. The van der Waals surface area contributed by atoms with Crippen LogP contribution in [0.15, 0.2) is 59.7 Å². The molecule has 0 radical (unpaired) electrons. The van der Waals surface area contributed by atoms with E-state index in [4.69, 9.17) is 0 Å². The van der Waals surface area contributed by atoms with Crippen LogP contribution < -0.4 is 5.43 Å². The molecule has 1 saturated carbocycles. The van der Waals surface area contributed by atoms with Gasteiger partial charge in [-0.2, -0.15) is 18.3 Å². The molecule has 0 saturated heterocycles. The molecule has 2 atom stereocenters. The van der Waals surface area contributed by atoms with Crippen molar-refractivity contribution in [1.29, 1.82) is 0 Å². The molecule has 1 aliphatic carbocycles. The van der Waals surface area contributed by atoms with Gasteiger partial charge in [0.2, 0.25) is 5.91 Å². The van der Waals surface area contributed by atoms with Crippen LogP contribution in [0.4, 0.5) is 13.2 Å². The summed E-state index contributed by atoms with van der Waals surface area (Å²) >= 11 is 0.